The molecular formula is C17H16N2O4S3. The number of aromatic nitrogens is 1. The van der Waals surface area contributed by atoms with E-state index in [0.29, 0.717) is 0 Å². The molecule has 1 N–H and O–H groups in total. The van der Waals surface area contributed by atoms with E-state index in [2.05, 4.69) is 10.3 Å². The van der Waals surface area contributed by atoms with Crippen molar-refractivity contribution in [3.8, 4) is 0 Å². The number of nitrogens with zero attached hydrogens (tertiary/aromatic N) is 1. The summed E-state index contributed by atoms with van der Waals surface area (Å²) in [6.07, 6.45) is 0. The molecule has 1 aromatic heterocycles. The van der Waals surface area contributed by atoms with Crippen molar-refractivity contribution >= 4 is 36.0 Å². The lowest BCUT2D eigenvalue weighted by molar-refractivity contribution is 0.589. The molecule has 0 unspecified atom stereocenters. The van der Waals surface area contributed by atoms with Crippen LogP contribution in [0.3, 0.4) is 0 Å². The summed E-state index contributed by atoms with van der Waals surface area (Å²) in [5.74, 6) is 0. The molecule has 26 heavy (non-hydrogen) atoms. The number of thiazole rings is 1. The molecule has 9 heteroatoms. The standard InChI is InChI=1S/C17H16N2O4S3/c1-12-8-10-14(11-9-12)25(20,21)16-15(18-2)24-17(19-16)26(22,23)13-6-4-3-5-7-13/h3-11,18H,1-2H3. The van der Waals surface area contributed by atoms with Crippen LogP contribution in [0.1, 0.15) is 5.56 Å². The van der Waals surface area contributed by atoms with Crippen LogP contribution in [0.2, 0.25) is 0 Å². The molecule has 0 aliphatic heterocycles. The molecule has 0 fully saturated rings. The van der Waals surface area contributed by atoms with Crippen LogP contribution in [0.4, 0.5) is 5.00 Å². The van der Waals surface area contributed by atoms with Gasteiger partial charge < -0.3 is 5.32 Å². The highest BCUT2D eigenvalue weighted by atomic mass is 32.2. The van der Waals surface area contributed by atoms with E-state index in [0.717, 1.165) is 16.9 Å². The first-order valence-electron chi connectivity index (χ1n) is 7.57. The maximum Gasteiger partial charge on any atom is 0.233 e. The van der Waals surface area contributed by atoms with Gasteiger partial charge in [0.05, 0.1) is 9.79 Å². The van der Waals surface area contributed by atoms with Gasteiger partial charge in [-0.2, -0.15) is 0 Å². The van der Waals surface area contributed by atoms with E-state index in [1.54, 1.807) is 30.3 Å². The van der Waals surface area contributed by atoms with Crippen LogP contribution in [-0.4, -0.2) is 28.9 Å². The van der Waals surface area contributed by atoms with Gasteiger partial charge in [-0.15, -0.1) is 0 Å². The Morgan fingerprint density at radius 3 is 2.00 bits per heavy atom. The maximum atomic E-state index is 12.9. The van der Waals surface area contributed by atoms with E-state index < -0.39 is 19.7 Å². The summed E-state index contributed by atoms with van der Waals surface area (Å²) in [5.41, 5.74) is 0.920. The number of nitrogens with one attached hydrogen (secondary N) is 1. The quantitative estimate of drug-likeness (QED) is 0.697. The molecule has 0 saturated carbocycles. The third-order valence-electron chi connectivity index (χ3n) is 3.67. The van der Waals surface area contributed by atoms with E-state index in [4.69, 9.17) is 0 Å². The zero-order valence-corrected chi connectivity index (χ0v) is 16.5. The van der Waals surface area contributed by atoms with Gasteiger partial charge in [0.1, 0.15) is 5.00 Å². The van der Waals surface area contributed by atoms with Gasteiger partial charge >= 0.3 is 0 Å². The highest BCUT2D eigenvalue weighted by Gasteiger charge is 2.30. The third-order valence-corrected chi connectivity index (χ3v) is 8.72. The smallest absolute Gasteiger partial charge is 0.233 e. The number of hydrogen-bond donors (Lipinski definition) is 1. The molecule has 0 bridgehead atoms. The van der Waals surface area contributed by atoms with Crippen LogP contribution >= 0.6 is 11.3 Å². The van der Waals surface area contributed by atoms with Crippen molar-refractivity contribution in [3.63, 3.8) is 0 Å². The second-order valence-electron chi connectivity index (χ2n) is 5.50. The van der Waals surface area contributed by atoms with Gasteiger partial charge in [-0.05, 0) is 31.2 Å². The number of hydrogen-bond acceptors (Lipinski definition) is 7. The Kier molecular flexibility index (Phi) is 4.87. The molecule has 3 rings (SSSR count). The van der Waals surface area contributed by atoms with Crippen molar-refractivity contribution in [1.29, 1.82) is 0 Å². The summed E-state index contributed by atoms with van der Waals surface area (Å²) in [6.45, 7) is 1.85. The molecule has 0 spiro atoms. The molecule has 0 radical (unpaired) electrons. The molecule has 0 atom stereocenters. The van der Waals surface area contributed by atoms with Gasteiger partial charge in [-0.3, -0.25) is 0 Å². The zero-order valence-electron chi connectivity index (χ0n) is 14.0. The molecule has 3 aromatic rings. The number of sulfone groups is 2. The fourth-order valence-corrected chi connectivity index (χ4v) is 6.57. The first-order chi connectivity index (χ1) is 12.3. The second-order valence-corrected chi connectivity index (χ2v) is 10.5. The molecule has 0 amide bonds. The van der Waals surface area contributed by atoms with Crippen LogP contribution in [0.5, 0.6) is 0 Å². The minimum absolute atomic E-state index is 0.0635. The Bertz CT molecular complexity index is 1130. The van der Waals surface area contributed by atoms with Crippen molar-refractivity contribution in [3.05, 3.63) is 60.2 Å². The predicted octanol–water partition coefficient (Wildman–Crippen LogP) is 3.16. The molecule has 0 aliphatic carbocycles. The van der Waals surface area contributed by atoms with Crippen LogP contribution in [0.25, 0.3) is 0 Å². The van der Waals surface area contributed by atoms with Crippen molar-refractivity contribution in [2.24, 2.45) is 0 Å². The fourth-order valence-electron chi connectivity index (χ4n) is 2.27. The highest BCUT2D eigenvalue weighted by Crippen LogP contribution is 2.36. The monoisotopic (exact) mass is 408 g/mol. The second kappa shape index (κ2) is 6.82. The van der Waals surface area contributed by atoms with Crippen LogP contribution < -0.4 is 5.32 Å². The highest BCUT2D eigenvalue weighted by molar-refractivity contribution is 7.94. The van der Waals surface area contributed by atoms with E-state index in [1.807, 2.05) is 6.92 Å². The van der Waals surface area contributed by atoms with Crippen molar-refractivity contribution in [1.82, 2.24) is 4.98 Å². The van der Waals surface area contributed by atoms with E-state index in [1.165, 1.54) is 31.3 Å². The normalized spacial score (nSPS) is 12.1. The summed E-state index contributed by atoms with van der Waals surface area (Å²) < 4.78 is 51.1. The molecule has 1 heterocycles. The Hall–Kier alpha value is -2.23. The molecule has 2 aromatic carbocycles. The average molecular weight is 409 g/mol. The van der Waals surface area contributed by atoms with E-state index in [9.17, 15) is 16.8 Å². The topological polar surface area (TPSA) is 93.2 Å². The zero-order chi connectivity index (χ0) is 18.9. The Morgan fingerprint density at radius 2 is 1.42 bits per heavy atom. The minimum atomic E-state index is -3.95. The van der Waals surface area contributed by atoms with Crippen molar-refractivity contribution < 1.29 is 16.8 Å². The molecular weight excluding hydrogens is 392 g/mol. The number of rotatable bonds is 5. The predicted molar refractivity (Wildman–Crippen MR) is 100 cm³/mol. The summed E-state index contributed by atoms with van der Waals surface area (Å²) in [4.78, 5) is 4.11. The summed E-state index contributed by atoms with van der Waals surface area (Å²) in [7, 11) is -6.32. The van der Waals surface area contributed by atoms with Gasteiger partial charge in [0.25, 0.3) is 0 Å². The van der Waals surface area contributed by atoms with Gasteiger partial charge in [-0.25, -0.2) is 21.8 Å². The molecule has 136 valence electrons. The van der Waals surface area contributed by atoms with Crippen LogP contribution in [-0.2, 0) is 19.7 Å². The Labute approximate surface area is 156 Å². The first-order valence-corrected chi connectivity index (χ1v) is 11.4. The first kappa shape index (κ1) is 18.6. The van der Waals surface area contributed by atoms with Gasteiger partial charge in [-0.1, -0.05) is 47.2 Å². The van der Waals surface area contributed by atoms with E-state index >= 15 is 0 Å². The molecule has 6 nitrogen and oxygen atoms in total. The Balaban J connectivity index is 2.15. The van der Waals surface area contributed by atoms with Gasteiger partial charge in [0.15, 0.2) is 5.03 Å². The lowest BCUT2D eigenvalue weighted by Crippen LogP contribution is -2.06. The van der Waals surface area contributed by atoms with Crippen molar-refractivity contribution in [2.45, 2.75) is 26.1 Å². The number of benzene rings is 2. The third kappa shape index (κ3) is 3.25. The minimum Gasteiger partial charge on any atom is -0.378 e. The SMILES string of the molecule is CNc1sc(S(=O)(=O)c2ccccc2)nc1S(=O)(=O)c1ccc(C)cc1. The Morgan fingerprint density at radius 1 is 0.846 bits per heavy atom. The van der Waals surface area contributed by atoms with Gasteiger partial charge in [0.2, 0.25) is 24.0 Å². The maximum absolute atomic E-state index is 12.9. The summed E-state index contributed by atoms with van der Waals surface area (Å²) in [5, 5.41) is 2.63. The van der Waals surface area contributed by atoms with Gasteiger partial charge in [0, 0.05) is 7.05 Å². The molecule has 0 saturated heterocycles. The lowest BCUT2D eigenvalue weighted by atomic mass is 10.2. The summed E-state index contributed by atoms with van der Waals surface area (Å²) in [6, 6.07) is 14.1. The van der Waals surface area contributed by atoms with Crippen LogP contribution in [0.15, 0.2) is 73.8 Å². The fraction of sp³-hybridized carbons (Fsp3) is 0.118. The summed E-state index contributed by atoms with van der Waals surface area (Å²) >= 11 is 0.797. The molecule has 0 aliphatic rings. The van der Waals surface area contributed by atoms with E-state index in [-0.39, 0.29) is 24.2 Å². The van der Waals surface area contributed by atoms with Crippen molar-refractivity contribution in [2.75, 3.05) is 12.4 Å². The number of anilines is 1. The van der Waals surface area contributed by atoms with Crippen LogP contribution in [0, 0.1) is 6.92 Å². The largest absolute Gasteiger partial charge is 0.378 e. The average Bonchev–Trinajstić information content (AvgIpc) is 3.09. The number of aryl methyl sites for hydroxylation is 1. The lowest BCUT2D eigenvalue weighted by Gasteiger charge is -2.04.